The van der Waals surface area contributed by atoms with Gasteiger partial charge in [-0.15, -0.1) is 6.42 Å². The maximum absolute atomic E-state index is 6.18. The highest BCUT2D eigenvalue weighted by molar-refractivity contribution is 5.53. The molecule has 5 aliphatic heterocycles. The average molecular weight is 1810 g/mol. The Kier molecular flexibility index (Phi) is 40.2. The smallest absolute Gasteiger partial charge is 0.243 e. The molecule has 5 saturated heterocycles. The fourth-order valence-electron chi connectivity index (χ4n) is 23.0. The summed E-state index contributed by atoms with van der Waals surface area (Å²) in [5.41, 5.74) is -0.704. The Hall–Kier alpha value is -5.85. The molecule has 8 heterocycles. The van der Waals surface area contributed by atoms with Gasteiger partial charge in [-0.2, -0.15) is 44.9 Å². The number of terminal acetylenes is 1. The molecule has 8 rings (SSSR count). The lowest BCUT2D eigenvalue weighted by Crippen LogP contribution is -2.63. The number of anilines is 9. The second-order valence-electron chi connectivity index (χ2n) is 47.1. The second kappa shape index (κ2) is 47.8. The van der Waals surface area contributed by atoms with Gasteiger partial charge in [-0.05, 0) is 321 Å². The van der Waals surface area contributed by atoms with Crippen LogP contribution in [0.3, 0.4) is 0 Å². The third kappa shape index (κ3) is 28.7. The Morgan fingerprint density at radius 2 is 0.392 bits per heavy atom. The van der Waals surface area contributed by atoms with Crippen molar-refractivity contribution in [3.8, 4) is 24.3 Å². The van der Waals surface area contributed by atoms with Gasteiger partial charge in [0.15, 0.2) is 0 Å². The summed E-state index contributed by atoms with van der Waals surface area (Å²) < 4.78 is 0. The van der Waals surface area contributed by atoms with Gasteiger partial charge in [0.2, 0.25) is 53.5 Å². The molecular formula is C107H197N23. The molecule has 23 heteroatoms. The van der Waals surface area contributed by atoms with E-state index in [2.05, 4.69) is 311 Å². The van der Waals surface area contributed by atoms with E-state index < -0.39 is 0 Å². The van der Waals surface area contributed by atoms with Crippen LogP contribution in [-0.4, -0.2) is 269 Å². The fourth-order valence-corrected chi connectivity index (χ4v) is 23.0. The molecule has 0 radical (unpaired) electrons. The quantitative estimate of drug-likeness (QED) is 0.0298. The third-order valence-corrected chi connectivity index (χ3v) is 32.3. The Bertz CT molecular complexity index is 3840. The lowest BCUT2D eigenvalue weighted by Gasteiger charge is -2.56. The van der Waals surface area contributed by atoms with Crippen LogP contribution in [0, 0.1) is 24.3 Å². The highest BCUT2D eigenvalue weighted by Gasteiger charge is 2.52. The molecule has 5 aliphatic rings. The summed E-state index contributed by atoms with van der Waals surface area (Å²) in [6.07, 6.45) is 41.5. The maximum Gasteiger partial charge on any atom is 0.243 e. The lowest BCUT2D eigenvalue weighted by molar-refractivity contribution is -0.0136. The van der Waals surface area contributed by atoms with Crippen molar-refractivity contribution in [3.05, 3.63) is 0 Å². The van der Waals surface area contributed by atoms with Crippen LogP contribution < -0.4 is 44.1 Å². The van der Waals surface area contributed by atoms with Crippen molar-refractivity contribution in [2.45, 2.75) is 498 Å². The SMILES string of the molecule is C#CC#CN(CCCC)c1nc(N(CCCC)CCCC)nc(N(CCCCCCN(c2nc(N(CCCC)C3CC(C)(C)N(C)C(C)(C)C3)nc(N(CCCCCCN(c3nc(N(CCCC)CCCC)nc(N(CCCC)CCCC)n3)C3CC(C)(C)N(C)C(C)(C)C3)C3CC(C)(C)N(C)C(C)(C)C3)n2)C2CC(C)(C)N(C)C(C)(C)C2)C2CC(C)(C)N(C)C(C)(C)C2)n1. The summed E-state index contributed by atoms with van der Waals surface area (Å²) in [6.45, 7) is 78.1. The van der Waals surface area contributed by atoms with Crippen LogP contribution in [0.5, 0.6) is 0 Å². The van der Waals surface area contributed by atoms with Gasteiger partial charge < -0.3 is 39.2 Å². The molecule has 0 aromatic carbocycles. The van der Waals surface area contributed by atoms with Crippen LogP contribution >= 0.6 is 0 Å². The average Bonchev–Trinajstić information content (AvgIpc) is 0.760. The highest BCUT2D eigenvalue weighted by atomic mass is 15.5. The zero-order valence-electron chi connectivity index (χ0n) is 90.3. The maximum atomic E-state index is 6.18. The molecule has 0 atom stereocenters. The molecule has 0 amide bonds. The van der Waals surface area contributed by atoms with Gasteiger partial charge in [0, 0.05) is 176 Å². The first kappa shape index (κ1) is 109. The van der Waals surface area contributed by atoms with Crippen molar-refractivity contribution in [2.75, 3.05) is 158 Å². The van der Waals surface area contributed by atoms with Crippen molar-refractivity contribution < 1.29 is 0 Å². The van der Waals surface area contributed by atoms with Crippen LogP contribution in [0.1, 0.15) is 412 Å². The van der Waals surface area contributed by atoms with Crippen molar-refractivity contribution in [1.82, 2.24) is 69.4 Å². The van der Waals surface area contributed by atoms with E-state index in [1.54, 1.807) is 0 Å². The fraction of sp³-hybridized carbons (Fsp3) is 0.879. The van der Waals surface area contributed by atoms with E-state index in [9.17, 15) is 0 Å². The topological polar surface area (TPSA) is 161 Å². The highest BCUT2D eigenvalue weighted by Crippen LogP contribution is 2.48. The zero-order valence-corrected chi connectivity index (χ0v) is 90.3. The van der Waals surface area contributed by atoms with Crippen molar-refractivity contribution in [2.24, 2.45) is 0 Å². The number of likely N-dealkylation sites (tertiary alicyclic amines) is 5. The van der Waals surface area contributed by atoms with E-state index in [0.29, 0.717) is 12.5 Å². The molecule has 3 aromatic heterocycles. The van der Waals surface area contributed by atoms with E-state index in [4.69, 9.17) is 51.3 Å². The molecule has 0 N–H and O–H groups in total. The van der Waals surface area contributed by atoms with E-state index in [0.717, 1.165) is 338 Å². The van der Waals surface area contributed by atoms with E-state index >= 15 is 0 Å². The number of rotatable bonds is 52. The summed E-state index contributed by atoms with van der Waals surface area (Å²) in [7, 11) is 11.7. The number of nitrogens with zero attached hydrogens (tertiary/aromatic N) is 23. The number of hydrogen-bond donors (Lipinski definition) is 0. The number of piperidine rings is 5. The Balaban J connectivity index is 1.24. The molecule has 0 saturated carbocycles. The zero-order chi connectivity index (χ0) is 96.2. The molecule has 23 nitrogen and oxygen atoms in total. The summed E-state index contributed by atoms with van der Waals surface area (Å²) >= 11 is 0. The normalized spacial score (nSPS) is 20.6. The summed E-state index contributed by atoms with van der Waals surface area (Å²) in [6, 6.07) is 4.31. The van der Waals surface area contributed by atoms with Crippen LogP contribution in [0.25, 0.3) is 0 Å². The first-order chi connectivity index (χ1) is 61.1. The van der Waals surface area contributed by atoms with Crippen LogP contribution in [-0.2, 0) is 0 Å². The number of unbranched alkanes of at least 4 members (excludes halogenated alkanes) is 14. The molecule has 0 aliphatic carbocycles. The first-order valence-corrected chi connectivity index (χ1v) is 52.9. The van der Waals surface area contributed by atoms with Gasteiger partial charge >= 0.3 is 0 Å². The molecule has 3 aromatic rings. The van der Waals surface area contributed by atoms with Crippen molar-refractivity contribution >= 4 is 53.5 Å². The molecule has 0 bridgehead atoms. The molecule has 5 fully saturated rings. The summed E-state index contributed by atoms with van der Waals surface area (Å²) in [4.78, 5) is 88.0. The van der Waals surface area contributed by atoms with E-state index in [-0.39, 0.29) is 85.6 Å². The Morgan fingerprint density at radius 1 is 0.231 bits per heavy atom. The molecular weight excluding hydrogens is 1610 g/mol. The molecule has 0 unspecified atom stereocenters. The van der Waals surface area contributed by atoms with Crippen molar-refractivity contribution in [1.29, 1.82) is 0 Å². The molecule has 740 valence electrons. The van der Waals surface area contributed by atoms with Crippen LogP contribution in [0.2, 0.25) is 0 Å². The third-order valence-electron chi connectivity index (χ3n) is 32.3. The Labute approximate surface area is 798 Å². The van der Waals surface area contributed by atoms with Gasteiger partial charge in [0.25, 0.3) is 0 Å². The van der Waals surface area contributed by atoms with E-state index in [1.807, 2.05) is 4.90 Å². The second-order valence-corrected chi connectivity index (χ2v) is 47.1. The van der Waals surface area contributed by atoms with Gasteiger partial charge in [-0.3, -0.25) is 29.4 Å². The summed E-state index contributed by atoms with van der Waals surface area (Å²) in [5.74, 6) is 12.8. The van der Waals surface area contributed by atoms with Crippen LogP contribution in [0.15, 0.2) is 0 Å². The van der Waals surface area contributed by atoms with Gasteiger partial charge in [0.1, 0.15) is 0 Å². The molecule has 0 spiro atoms. The largest absolute Gasteiger partial charge is 0.341 e. The number of hydrogen-bond acceptors (Lipinski definition) is 23. The minimum Gasteiger partial charge on any atom is -0.341 e. The minimum atomic E-state index is -0.0969. The van der Waals surface area contributed by atoms with Gasteiger partial charge in [-0.25, -0.2) is 0 Å². The lowest BCUT2D eigenvalue weighted by atomic mass is 9.77. The van der Waals surface area contributed by atoms with Gasteiger partial charge in [0.05, 0.1) is 0 Å². The van der Waals surface area contributed by atoms with Crippen molar-refractivity contribution in [3.63, 3.8) is 0 Å². The monoisotopic (exact) mass is 1800 g/mol. The molecule has 130 heavy (non-hydrogen) atoms. The Morgan fingerprint density at radius 3 is 0.592 bits per heavy atom. The van der Waals surface area contributed by atoms with Gasteiger partial charge in [-0.1, -0.05) is 132 Å². The number of aromatic nitrogens is 9. The summed E-state index contributed by atoms with van der Waals surface area (Å²) in [5, 5.41) is 0. The standard InChI is InChI=1S/C107H197N23/c1-35-44-61-122(62-45-36-2)89-108-90(123(63-46-37-3)64-47-38-4)111-93(110-89)127(85-76-100(14,15)118(31)101(16,17)77-85)70-57-53-55-59-72-129(87-80-104(22,23)120(33)105(24,25)81-87)96-114-95(126(69-52-43-9)84-74-98(10,11)117(30)99(12,13)75-84)115-97(116-96)130(88-82-106(26,27)121(34)107(28,29)83-88)73-60-56-54-58-71-128(86-78-102(18,19)119(32)103(20,21)79-86)94-112-91(124(65-48-39-5)66-49-40-6)109-92(113-94)125(67-50-41-7)68-51-42-8/h1,84-88H,36-43,45-60,62-83H2,2-34H3. The predicted molar refractivity (Wildman–Crippen MR) is 558 cm³/mol. The predicted octanol–water partition coefficient (Wildman–Crippen LogP) is 22.3. The van der Waals surface area contributed by atoms with E-state index in [1.165, 1.54) is 0 Å². The first-order valence-electron chi connectivity index (χ1n) is 52.9. The minimum absolute atomic E-state index is 0.0333. The van der Waals surface area contributed by atoms with Crippen LogP contribution in [0.4, 0.5) is 53.5 Å².